The summed E-state index contributed by atoms with van der Waals surface area (Å²) < 4.78 is 6.42. The standard InChI is InChI=1S/C25H32O/c1-25(11-3-2-4-12-25)26-20-9-7-16(8-10-20)21-14-19-15-22(21)24-18-6-5-17(13-18)23(19)24/h5-10,17-19,21-24H,2-4,11-15H2,1H3. The molecule has 0 spiro atoms. The molecule has 138 valence electrons. The van der Waals surface area contributed by atoms with E-state index in [1.165, 1.54) is 51.4 Å². The highest BCUT2D eigenvalue weighted by Gasteiger charge is 2.60. The summed E-state index contributed by atoms with van der Waals surface area (Å²) in [7, 11) is 0. The largest absolute Gasteiger partial charge is 0.488 e. The number of hydrogen-bond acceptors (Lipinski definition) is 1. The van der Waals surface area contributed by atoms with Gasteiger partial charge in [-0.1, -0.05) is 30.7 Å². The Balaban J connectivity index is 1.19. The van der Waals surface area contributed by atoms with Gasteiger partial charge in [-0.15, -0.1) is 0 Å². The molecule has 4 bridgehead atoms. The van der Waals surface area contributed by atoms with E-state index in [-0.39, 0.29) is 5.60 Å². The van der Waals surface area contributed by atoms with Gasteiger partial charge in [-0.3, -0.25) is 0 Å². The predicted molar refractivity (Wildman–Crippen MR) is 105 cm³/mol. The van der Waals surface area contributed by atoms with Crippen molar-refractivity contribution in [3.8, 4) is 5.75 Å². The predicted octanol–water partition coefficient (Wildman–Crippen LogP) is 6.35. The van der Waals surface area contributed by atoms with Crippen LogP contribution in [-0.4, -0.2) is 5.60 Å². The Bertz CT molecular complexity index is 710. The maximum Gasteiger partial charge on any atom is 0.120 e. The first-order chi connectivity index (χ1) is 12.7. The zero-order valence-corrected chi connectivity index (χ0v) is 16.1. The van der Waals surface area contributed by atoms with Crippen LogP contribution in [0.2, 0.25) is 0 Å². The van der Waals surface area contributed by atoms with Crippen molar-refractivity contribution in [2.24, 2.45) is 35.5 Å². The van der Waals surface area contributed by atoms with Crippen molar-refractivity contribution in [3.63, 3.8) is 0 Å². The average molecular weight is 349 g/mol. The lowest BCUT2D eigenvalue weighted by Crippen LogP contribution is -2.34. The number of benzene rings is 1. The molecule has 1 heteroatoms. The number of hydrogen-bond donors (Lipinski definition) is 0. The molecule has 7 atom stereocenters. The molecular weight excluding hydrogens is 316 g/mol. The van der Waals surface area contributed by atoms with Crippen LogP contribution in [0, 0.1) is 35.5 Å². The molecule has 0 N–H and O–H groups in total. The van der Waals surface area contributed by atoms with E-state index in [0.717, 1.165) is 47.2 Å². The molecule has 0 radical (unpaired) electrons. The first-order valence-corrected chi connectivity index (χ1v) is 11.2. The van der Waals surface area contributed by atoms with Gasteiger partial charge in [0.05, 0.1) is 0 Å². The van der Waals surface area contributed by atoms with Gasteiger partial charge in [-0.25, -0.2) is 0 Å². The summed E-state index contributed by atoms with van der Waals surface area (Å²) >= 11 is 0. The minimum atomic E-state index is 0.0643. The molecule has 0 aromatic heterocycles. The minimum absolute atomic E-state index is 0.0643. The SMILES string of the molecule is CC1(Oc2ccc(C3CC4CC3C3C5C=CC(C5)C43)cc2)CCCCC1. The van der Waals surface area contributed by atoms with Crippen LogP contribution in [0.1, 0.15) is 69.8 Å². The van der Waals surface area contributed by atoms with Crippen LogP contribution >= 0.6 is 0 Å². The summed E-state index contributed by atoms with van der Waals surface area (Å²) in [6, 6.07) is 9.31. The lowest BCUT2D eigenvalue weighted by atomic mass is 9.68. The fourth-order valence-electron chi connectivity index (χ4n) is 7.87. The molecule has 0 aliphatic heterocycles. The van der Waals surface area contributed by atoms with Gasteiger partial charge in [0, 0.05) is 0 Å². The van der Waals surface area contributed by atoms with Gasteiger partial charge in [0.25, 0.3) is 0 Å². The molecule has 6 rings (SSSR count). The van der Waals surface area contributed by atoms with E-state index in [2.05, 4.69) is 43.3 Å². The highest BCUT2D eigenvalue weighted by Crippen LogP contribution is 2.68. The number of allylic oxidation sites excluding steroid dienone is 2. The first-order valence-electron chi connectivity index (χ1n) is 11.2. The normalized spacial score (nSPS) is 44.4. The van der Waals surface area contributed by atoms with E-state index in [4.69, 9.17) is 4.74 Å². The van der Waals surface area contributed by atoms with E-state index >= 15 is 0 Å². The summed E-state index contributed by atoms with van der Waals surface area (Å²) in [4.78, 5) is 0. The second-order valence-electron chi connectivity index (χ2n) is 10.3. The Kier molecular flexibility index (Phi) is 3.42. The molecular formula is C25H32O. The Morgan fingerprint density at radius 2 is 1.58 bits per heavy atom. The van der Waals surface area contributed by atoms with E-state index < -0.39 is 0 Å². The van der Waals surface area contributed by atoms with Crippen LogP contribution in [0.5, 0.6) is 5.75 Å². The van der Waals surface area contributed by atoms with Crippen molar-refractivity contribution in [2.45, 2.75) is 69.8 Å². The van der Waals surface area contributed by atoms with Crippen LogP contribution in [0.15, 0.2) is 36.4 Å². The smallest absolute Gasteiger partial charge is 0.120 e. The molecule has 1 aromatic rings. The summed E-state index contributed by atoms with van der Waals surface area (Å²) in [6.45, 7) is 2.30. The summed E-state index contributed by atoms with van der Waals surface area (Å²) in [5.41, 5.74) is 1.65. The Hall–Kier alpha value is -1.24. The molecule has 5 aliphatic rings. The van der Waals surface area contributed by atoms with Crippen LogP contribution in [0.4, 0.5) is 0 Å². The van der Waals surface area contributed by atoms with Crippen molar-refractivity contribution in [2.75, 3.05) is 0 Å². The molecule has 0 heterocycles. The van der Waals surface area contributed by atoms with Gasteiger partial charge in [-0.2, -0.15) is 0 Å². The highest BCUT2D eigenvalue weighted by molar-refractivity contribution is 5.33. The Morgan fingerprint density at radius 3 is 2.35 bits per heavy atom. The van der Waals surface area contributed by atoms with Gasteiger partial charge in [-0.05, 0) is 111 Å². The number of rotatable bonds is 3. The lowest BCUT2D eigenvalue weighted by molar-refractivity contribution is 0.0487. The molecule has 1 aromatic carbocycles. The number of fused-ring (bicyclic) bond motifs is 9. The fraction of sp³-hybridized carbons (Fsp3) is 0.680. The van der Waals surface area contributed by atoms with E-state index in [9.17, 15) is 0 Å². The Labute approximate surface area is 158 Å². The van der Waals surface area contributed by atoms with Crippen molar-refractivity contribution in [3.05, 3.63) is 42.0 Å². The fourth-order valence-corrected chi connectivity index (χ4v) is 7.87. The van der Waals surface area contributed by atoms with Crippen molar-refractivity contribution in [1.82, 2.24) is 0 Å². The molecule has 7 unspecified atom stereocenters. The molecule has 26 heavy (non-hydrogen) atoms. The van der Waals surface area contributed by atoms with Crippen molar-refractivity contribution >= 4 is 0 Å². The molecule has 5 aliphatic carbocycles. The van der Waals surface area contributed by atoms with Crippen LogP contribution in [-0.2, 0) is 0 Å². The molecule has 4 fully saturated rings. The minimum Gasteiger partial charge on any atom is -0.488 e. The average Bonchev–Trinajstić information content (AvgIpc) is 3.42. The van der Waals surface area contributed by atoms with Crippen LogP contribution in [0.25, 0.3) is 0 Å². The zero-order valence-electron chi connectivity index (χ0n) is 16.1. The summed E-state index contributed by atoms with van der Waals surface area (Å²) in [6.07, 6.45) is 16.0. The second-order valence-corrected chi connectivity index (χ2v) is 10.3. The third kappa shape index (κ3) is 2.28. The van der Waals surface area contributed by atoms with Crippen LogP contribution < -0.4 is 4.74 Å². The third-order valence-electron chi connectivity index (χ3n) is 8.85. The number of ether oxygens (including phenoxy) is 1. The van der Waals surface area contributed by atoms with Gasteiger partial charge < -0.3 is 4.74 Å². The van der Waals surface area contributed by atoms with E-state index in [0.29, 0.717) is 0 Å². The molecule has 4 saturated carbocycles. The Morgan fingerprint density at radius 1 is 0.846 bits per heavy atom. The second kappa shape index (κ2) is 5.63. The van der Waals surface area contributed by atoms with Gasteiger partial charge in [0.15, 0.2) is 0 Å². The van der Waals surface area contributed by atoms with Gasteiger partial charge in [0.2, 0.25) is 0 Å². The van der Waals surface area contributed by atoms with Crippen molar-refractivity contribution < 1.29 is 4.74 Å². The third-order valence-corrected chi connectivity index (χ3v) is 8.85. The van der Waals surface area contributed by atoms with Crippen molar-refractivity contribution in [1.29, 1.82) is 0 Å². The van der Waals surface area contributed by atoms with Gasteiger partial charge >= 0.3 is 0 Å². The first kappa shape index (κ1) is 15.8. The molecule has 0 saturated heterocycles. The highest BCUT2D eigenvalue weighted by atomic mass is 16.5. The summed E-state index contributed by atoms with van der Waals surface area (Å²) in [5.74, 6) is 7.76. The van der Waals surface area contributed by atoms with E-state index in [1.807, 2.05) is 0 Å². The zero-order chi connectivity index (χ0) is 17.3. The van der Waals surface area contributed by atoms with Gasteiger partial charge in [0.1, 0.15) is 11.4 Å². The topological polar surface area (TPSA) is 9.23 Å². The quantitative estimate of drug-likeness (QED) is 0.457. The monoisotopic (exact) mass is 348 g/mol. The lowest BCUT2D eigenvalue weighted by Gasteiger charge is -2.37. The maximum atomic E-state index is 6.42. The molecule has 0 amide bonds. The molecule has 1 nitrogen and oxygen atoms in total. The van der Waals surface area contributed by atoms with E-state index in [1.54, 1.807) is 5.56 Å². The summed E-state index contributed by atoms with van der Waals surface area (Å²) in [5, 5.41) is 0. The maximum absolute atomic E-state index is 6.42. The van der Waals surface area contributed by atoms with Crippen LogP contribution in [0.3, 0.4) is 0 Å².